The number of ketones is 1. The molecule has 3 rings (SSSR count). The Morgan fingerprint density at radius 3 is 2.31 bits per heavy atom. The molecule has 0 aliphatic carbocycles. The summed E-state index contributed by atoms with van der Waals surface area (Å²) in [5.74, 6) is -1.08. The average Bonchev–Trinajstić information content (AvgIpc) is 3.31. The zero-order chi connectivity index (χ0) is 25.7. The number of nitrogens with zero attached hydrogens (tertiary/aromatic N) is 1. The van der Waals surface area contributed by atoms with Crippen LogP contribution in [0, 0.1) is 26.7 Å². The maximum Gasteiger partial charge on any atom is 0.330 e. The summed E-state index contributed by atoms with van der Waals surface area (Å²) in [6, 6.07) is 12.0. The predicted octanol–water partition coefficient (Wildman–Crippen LogP) is 4.72. The van der Waals surface area contributed by atoms with Crippen LogP contribution in [0.4, 0.5) is 0 Å². The van der Waals surface area contributed by atoms with Gasteiger partial charge in [0.2, 0.25) is 5.91 Å². The summed E-state index contributed by atoms with van der Waals surface area (Å²) in [5.41, 5.74) is 4.67. The van der Waals surface area contributed by atoms with Gasteiger partial charge in [-0.3, -0.25) is 14.4 Å². The summed E-state index contributed by atoms with van der Waals surface area (Å²) in [6.45, 7) is 9.18. The monoisotopic (exact) mass is 513 g/mol. The van der Waals surface area contributed by atoms with E-state index in [2.05, 4.69) is 12.1 Å². The van der Waals surface area contributed by atoms with Crippen LogP contribution >= 0.6 is 23.5 Å². The molecule has 2 aromatic rings. The van der Waals surface area contributed by atoms with Gasteiger partial charge in [-0.2, -0.15) is 0 Å². The van der Waals surface area contributed by atoms with E-state index in [0.29, 0.717) is 17.2 Å². The first-order valence-corrected chi connectivity index (χ1v) is 13.5. The molecule has 6 nitrogen and oxygen atoms in total. The number of ether oxygens (including phenoxy) is 1. The molecule has 35 heavy (non-hydrogen) atoms. The van der Waals surface area contributed by atoms with E-state index in [1.807, 2.05) is 20.8 Å². The molecule has 0 aromatic heterocycles. The molecule has 2 aromatic carbocycles. The van der Waals surface area contributed by atoms with E-state index >= 15 is 0 Å². The Kier molecular flexibility index (Phi) is 9.19. The molecule has 0 bridgehead atoms. The SMILES string of the molecule is CC(=O)SC(C(=O)c1ccccc1)C(C)C(=O)N1CSCC1C(=O)OCc1c(C)cc(C)cc1C. The van der Waals surface area contributed by atoms with Crippen molar-refractivity contribution in [2.45, 2.75) is 52.5 Å². The minimum atomic E-state index is -0.873. The van der Waals surface area contributed by atoms with Crippen molar-refractivity contribution < 1.29 is 23.9 Å². The Labute approximate surface area is 215 Å². The van der Waals surface area contributed by atoms with E-state index in [0.717, 1.165) is 34.0 Å². The maximum absolute atomic E-state index is 13.5. The number of hydrogen-bond donors (Lipinski definition) is 0. The van der Waals surface area contributed by atoms with Gasteiger partial charge in [-0.25, -0.2) is 4.79 Å². The highest BCUT2D eigenvalue weighted by atomic mass is 32.2. The third kappa shape index (κ3) is 6.55. The van der Waals surface area contributed by atoms with E-state index in [1.165, 1.54) is 23.6 Å². The molecule has 3 atom stereocenters. The summed E-state index contributed by atoms with van der Waals surface area (Å²) < 4.78 is 5.64. The molecule has 1 saturated heterocycles. The lowest BCUT2D eigenvalue weighted by atomic mass is 9.97. The normalized spacial score (nSPS) is 17.1. The van der Waals surface area contributed by atoms with Gasteiger partial charge in [0.25, 0.3) is 0 Å². The minimum Gasteiger partial charge on any atom is -0.459 e. The second kappa shape index (κ2) is 11.9. The Balaban J connectivity index is 1.73. The first-order valence-electron chi connectivity index (χ1n) is 11.5. The van der Waals surface area contributed by atoms with Crippen molar-refractivity contribution >= 4 is 46.3 Å². The molecular weight excluding hydrogens is 482 g/mol. The van der Waals surface area contributed by atoms with Gasteiger partial charge in [0.05, 0.1) is 17.0 Å². The van der Waals surface area contributed by atoms with Gasteiger partial charge >= 0.3 is 5.97 Å². The lowest BCUT2D eigenvalue weighted by molar-refractivity contribution is -0.155. The fraction of sp³-hybridized carbons (Fsp3) is 0.407. The topological polar surface area (TPSA) is 80.8 Å². The highest BCUT2D eigenvalue weighted by Gasteiger charge is 2.41. The van der Waals surface area contributed by atoms with Crippen LogP contribution in [0.25, 0.3) is 0 Å². The van der Waals surface area contributed by atoms with E-state index in [9.17, 15) is 19.2 Å². The van der Waals surface area contributed by atoms with E-state index in [1.54, 1.807) is 37.3 Å². The number of carbonyl (C=O) groups excluding carboxylic acids is 4. The number of rotatable bonds is 8. The van der Waals surface area contributed by atoms with Gasteiger partial charge < -0.3 is 9.64 Å². The van der Waals surface area contributed by atoms with Gasteiger partial charge in [-0.05, 0) is 37.5 Å². The molecule has 1 amide bonds. The summed E-state index contributed by atoms with van der Waals surface area (Å²) >= 11 is 2.33. The molecular formula is C27H31NO5S2. The summed E-state index contributed by atoms with van der Waals surface area (Å²) in [7, 11) is 0. The molecule has 1 fully saturated rings. The van der Waals surface area contributed by atoms with Crippen LogP contribution in [0.2, 0.25) is 0 Å². The number of amides is 1. The lowest BCUT2D eigenvalue weighted by Crippen LogP contribution is -2.47. The maximum atomic E-state index is 13.5. The zero-order valence-corrected chi connectivity index (χ0v) is 22.3. The van der Waals surface area contributed by atoms with Crippen LogP contribution in [0.1, 0.15) is 46.5 Å². The van der Waals surface area contributed by atoms with Gasteiger partial charge in [0.15, 0.2) is 10.9 Å². The fourth-order valence-electron chi connectivity index (χ4n) is 4.25. The molecule has 1 aliphatic heterocycles. The van der Waals surface area contributed by atoms with Crippen molar-refractivity contribution in [1.29, 1.82) is 0 Å². The number of hydrogen-bond acceptors (Lipinski definition) is 7. The molecule has 1 aliphatic rings. The Bertz CT molecular complexity index is 1090. The first-order chi connectivity index (χ1) is 16.6. The highest BCUT2D eigenvalue weighted by molar-refractivity contribution is 8.14. The standard InChI is InChI=1S/C27H31NO5S2/c1-16-11-17(2)22(18(3)12-16)13-33-27(32)23-14-34-15-28(23)26(31)19(4)25(35-20(5)29)24(30)21-9-7-6-8-10-21/h6-12,19,23,25H,13-15H2,1-5H3. The number of carbonyl (C=O) groups is 4. The summed E-state index contributed by atoms with van der Waals surface area (Å²) in [4.78, 5) is 53.0. The van der Waals surface area contributed by atoms with Crippen LogP contribution < -0.4 is 0 Å². The Morgan fingerprint density at radius 2 is 1.71 bits per heavy atom. The van der Waals surface area contributed by atoms with Gasteiger partial charge in [-0.15, -0.1) is 11.8 Å². The van der Waals surface area contributed by atoms with Crippen molar-refractivity contribution in [1.82, 2.24) is 4.90 Å². The molecule has 0 radical (unpaired) electrons. The number of aryl methyl sites for hydroxylation is 3. The summed E-state index contributed by atoms with van der Waals surface area (Å²) in [5, 5.41) is -1.11. The summed E-state index contributed by atoms with van der Waals surface area (Å²) in [6.07, 6.45) is 0. The van der Waals surface area contributed by atoms with Crippen molar-refractivity contribution in [2.24, 2.45) is 5.92 Å². The zero-order valence-electron chi connectivity index (χ0n) is 20.7. The van der Waals surface area contributed by atoms with Crippen LogP contribution in [0.5, 0.6) is 0 Å². The number of benzene rings is 2. The highest BCUT2D eigenvalue weighted by Crippen LogP contribution is 2.30. The molecule has 1 heterocycles. The second-order valence-electron chi connectivity index (χ2n) is 8.86. The first kappa shape index (κ1) is 27.0. The van der Waals surface area contributed by atoms with Gasteiger partial charge in [-0.1, -0.05) is 66.7 Å². The van der Waals surface area contributed by atoms with Crippen LogP contribution in [-0.4, -0.2) is 50.6 Å². The smallest absolute Gasteiger partial charge is 0.330 e. The Morgan fingerprint density at radius 1 is 1.09 bits per heavy atom. The average molecular weight is 514 g/mol. The third-order valence-electron chi connectivity index (χ3n) is 6.09. The minimum absolute atomic E-state index is 0.144. The quantitative estimate of drug-likeness (QED) is 0.373. The largest absolute Gasteiger partial charge is 0.459 e. The number of esters is 1. The molecule has 186 valence electrons. The van der Waals surface area contributed by atoms with Crippen molar-refractivity contribution in [3.05, 3.63) is 70.3 Å². The molecule has 3 unspecified atom stereocenters. The lowest BCUT2D eigenvalue weighted by Gasteiger charge is -2.28. The van der Waals surface area contributed by atoms with Crippen molar-refractivity contribution in [3.8, 4) is 0 Å². The van der Waals surface area contributed by atoms with E-state index < -0.39 is 23.2 Å². The molecule has 0 N–H and O–H groups in total. The van der Waals surface area contributed by atoms with Crippen LogP contribution in [0.3, 0.4) is 0 Å². The van der Waals surface area contributed by atoms with Crippen molar-refractivity contribution in [3.63, 3.8) is 0 Å². The van der Waals surface area contributed by atoms with Crippen LogP contribution in [-0.2, 0) is 25.7 Å². The predicted molar refractivity (Wildman–Crippen MR) is 140 cm³/mol. The third-order valence-corrected chi connectivity index (χ3v) is 8.31. The number of thioether (sulfide) groups is 2. The van der Waals surface area contributed by atoms with Gasteiger partial charge in [0.1, 0.15) is 12.6 Å². The number of Topliss-reactive ketones (excluding diaryl/α,β-unsaturated/α-hetero) is 1. The molecule has 8 heteroatoms. The molecule has 0 saturated carbocycles. The van der Waals surface area contributed by atoms with Crippen LogP contribution in [0.15, 0.2) is 42.5 Å². The van der Waals surface area contributed by atoms with Gasteiger partial charge in [0, 0.05) is 18.2 Å². The van der Waals surface area contributed by atoms with E-state index in [-0.39, 0.29) is 23.4 Å². The molecule has 0 spiro atoms. The fourth-order valence-corrected chi connectivity index (χ4v) is 6.32. The van der Waals surface area contributed by atoms with E-state index in [4.69, 9.17) is 4.74 Å². The van der Waals surface area contributed by atoms with Crippen molar-refractivity contribution in [2.75, 3.05) is 11.6 Å². The second-order valence-corrected chi connectivity index (χ2v) is 11.2. The Hall–Kier alpha value is -2.58.